The summed E-state index contributed by atoms with van der Waals surface area (Å²) in [4.78, 5) is 6.84. The Morgan fingerprint density at radius 1 is 1.33 bits per heavy atom. The van der Waals surface area contributed by atoms with E-state index in [9.17, 15) is 0 Å². The summed E-state index contributed by atoms with van der Waals surface area (Å²) in [5, 5.41) is 4.27. The van der Waals surface area contributed by atoms with Gasteiger partial charge in [-0.1, -0.05) is 6.07 Å². The molecule has 6 heteroatoms. The van der Waals surface area contributed by atoms with E-state index in [1.165, 1.54) is 5.69 Å². The topological polar surface area (TPSA) is 42.3 Å². The smallest absolute Gasteiger partial charge is 0.170 e. The maximum absolute atomic E-state index is 5.85. The van der Waals surface area contributed by atoms with E-state index in [0.717, 1.165) is 36.8 Å². The Labute approximate surface area is 147 Å². The third-order valence-corrected chi connectivity index (χ3v) is 5.26. The van der Waals surface area contributed by atoms with Crippen molar-refractivity contribution in [2.75, 3.05) is 13.2 Å². The van der Waals surface area contributed by atoms with Gasteiger partial charge in [0.25, 0.3) is 0 Å². The van der Waals surface area contributed by atoms with Gasteiger partial charge in [-0.15, -0.1) is 0 Å². The maximum atomic E-state index is 5.85. The Bertz CT molecular complexity index is 711. The summed E-state index contributed by atoms with van der Waals surface area (Å²) in [6.07, 6.45) is 6.42. The molecule has 3 atom stereocenters. The monoisotopic (exact) mass is 342 g/mol. The van der Waals surface area contributed by atoms with Crippen LogP contribution in [0.5, 0.6) is 0 Å². The number of nitrogens with one attached hydrogen (secondary N) is 1. The van der Waals surface area contributed by atoms with Gasteiger partial charge >= 0.3 is 0 Å². The number of aromatic nitrogens is 2. The molecule has 0 aromatic carbocycles. The van der Waals surface area contributed by atoms with Crippen molar-refractivity contribution >= 4 is 17.3 Å². The lowest BCUT2D eigenvalue weighted by molar-refractivity contribution is 0.0835. The molecule has 1 N–H and O–H groups in total. The SMILES string of the molecule is Cn1cccc1[C@@H]1[C@@H](c2ccccn2)NC(=S)N1C[C@@H]1CCCO1. The molecule has 2 fully saturated rings. The van der Waals surface area contributed by atoms with Gasteiger partial charge in [0.2, 0.25) is 0 Å². The number of hydrogen-bond acceptors (Lipinski definition) is 3. The van der Waals surface area contributed by atoms with E-state index in [0.29, 0.717) is 0 Å². The van der Waals surface area contributed by atoms with Crippen molar-refractivity contribution in [3.05, 3.63) is 54.1 Å². The first-order chi connectivity index (χ1) is 11.7. The molecule has 0 radical (unpaired) electrons. The Morgan fingerprint density at radius 2 is 2.25 bits per heavy atom. The molecule has 2 aromatic heterocycles. The molecule has 4 rings (SSSR count). The zero-order valence-corrected chi connectivity index (χ0v) is 14.6. The predicted octanol–water partition coefficient (Wildman–Crippen LogP) is 2.57. The summed E-state index contributed by atoms with van der Waals surface area (Å²) in [5.74, 6) is 0. The van der Waals surface area contributed by atoms with E-state index >= 15 is 0 Å². The van der Waals surface area contributed by atoms with E-state index in [-0.39, 0.29) is 18.2 Å². The van der Waals surface area contributed by atoms with Crippen molar-refractivity contribution < 1.29 is 4.74 Å². The highest BCUT2D eigenvalue weighted by Crippen LogP contribution is 2.39. The second-order valence-corrected chi connectivity index (χ2v) is 6.84. The fraction of sp³-hybridized carbons (Fsp3) is 0.444. The lowest BCUT2D eigenvalue weighted by Gasteiger charge is -2.30. The summed E-state index contributed by atoms with van der Waals surface area (Å²) in [6, 6.07) is 10.4. The summed E-state index contributed by atoms with van der Waals surface area (Å²) in [6.45, 7) is 1.68. The third kappa shape index (κ3) is 2.80. The average molecular weight is 342 g/mol. The Balaban J connectivity index is 1.69. The molecule has 0 amide bonds. The number of thiocarbonyl (C=S) groups is 1. The van der Waals surface area contributed by atoms with Crippen LogP contribution in [0.4, 0.5) is 0 Å². The molecule has 0 unspecified atom stereocenters. The number of ether oxygens (including phenoxy) is 1. The van der Waals surface area contributed by atoms with Crippen LogP contribution in [0.2, 0.25) is 0 Å². The summed E-state index contributed by atoms with van der Waals surface area (Å²) in [5.41, 5.74) is 2.25. The van der Waals surface area contributed by atoms with E-state index in [2.05, 4.69) is 51.2 Å². The zero-order chi connectivity index (χ0) is 16.5. The first-order valence-corrected chi connectivity index (χ1v) is 8.86. The predicted molar refractivity (Wildman–Crippen MR) is 96.5 cm³/mol. The third-order valence-electron chi connectivity index (χ3n) is 4.91. The lowest BCUT2D eigenvalue weighted by Crippen LogP contribution is -2.36. The van der Waals surface area contributed by atoms with Gasteiger partial charge in [-0.2, -0.15) is 0 Å². The minimum absolute atomic E-state index is 0.0497. The first kappa shape index (κ1) is 15.6. The molecule has 0 aliphatic carbocycles. The highest BCUT2D eigenvalue weighted by atomic mass is 32.1. The van der Waals surface area contributed by atoms with E-state index in [1.807, 2.05) is 18.3 Å². The second kappa shape index (κ2) is 6.53. The van der Waals surface area contributed by atoms with Crippen molar-refractivity contribution in [2.24, 2.45) is 7.05 Å². The minimum atomic E-state index is 0.0497. The van der Waals surface area contributed by atoms with Crippen LogP contribution in [0.3, 0.4) is 0 Å². The van der Waals surface area contributed by atoms with Crippen LogP contribution in [-0.4, -0.2) is 38.8 Å². The van der Waals surface area contributed by atoms with Crippen LogP contribution < -0.4 is 5.32 Å². The molecule has 0 bridgehead atoms. The van der Waals surface area contributed by atoms with Gasteiger partial charge < -0.3 is 19.5 Å². The molecule has 2 saturated heterocycles. The minimum Gasteiger partial charge on any atom is -0.376 e. The number of pyridine rings is 1. The normalized spacial score (nSPS) is 26.8. The van der Waals surface area contributed by atoms with Gasteiger partial charge in [0.1, 0.15) is 0 Å². The van der Waals surface area contributed by atoms with Crippen LogP contribution in [-0.2, 0) is 11.8 Å². The van der Waals surface area contributed by atoms with Gasteiger partial charge in [-0.25, -0.2) is 0 Å². The van der Waals surface area contributed by atoms with Crippen molar-refractivity contribution in [3.63, 3.8) is 0 Å². The van der Waals surface area contributed by atoms with Crippen LogP contribution in [0.25, 0.3) is 0 Å². The summed E-state index contributed by atoms with van der Waals surface area (Å²) < 4.78 is 8.01. The number of rotatable bonds is 4. The second-order valence-electron chi connectivity index (χ2n) is 6.46. The van der Waals surface area contributed by atoms with E-state index in [4.69, 9.17) is 17.0 Å². The summed E-state index contributed by atoms with van der Waals surface area (Å²) in [7, 11) is 2.08. The van der Waals surface area contributed by atoms with Crippen LogP contribution in [0.15, 0.2) is 42.7 Å². The van der Waals surface area contributed by atoms with Crippen LogP contribution >= 0.6 is 12.2 Å². The van der Waals surface area contributed by atoms with Crippen molar-refractivity contribution in [2.45, 2.75) is 31.0 Å². The van der Waals surface area contributed by atoms with Crippen LogP contribution in [0.1, 0.15) is 36.3 Å². The Kier molecular flexibility index (Phi) is 4.24. The van der Waals surface area contributed by atoms with E-state index in [1.54, 1.807) is 0 Å². The van der Waals surface area contributed by atoms with Gasteiger partial charge in [0, 0.05) is 38.3 Å². The van der Waals surface area contributed by atoms with E-state index < -0.39 is 0 Å². The molecule has 0 saturated carbocycles. The quantitative estimate of drug-likeness (QED) is 0.865. The van der Waals surface area contributed by atoms with Crippen LogP contribution in [0, 0.1) is 0 Å². The van der Waals surface area contributed by atoms with Gasteiger partial charge in [-0.3, -0.25) is 4.98 Å². The molecule has 126 valence electrons. The summed E-state index contributed by atoms with van der Waals surface area (Å²) >= 11 is 5.67. The first-order valence-electron chi connectivity index (χ1n) is 8.45. The number of hydrogen-bond donors (Lipinski definition) is 1. The van der Waals surface area contributed by atoms with Gasteiger partial charge in [-0.05, 0) is 49.3 Å². The zero-order valence-electron chi connectivity index (χ0n) is 13.8. The fourth-order valence-corrected chi connectivity index (χ4v) is 4.03. The molecular weight excluding hydrogens is 320 g/mol. The van der Waals surface area contributed by atoms with Crippen molar-refractivity contribution in [1.82, 2.24) is 19.8 Å². The fourth-order valence-electron chi connectivity index (χ4n) is 3.71. The molecule has 2 aliphatic heterocycles. The maximum Gasteiger partial charge on any atom is 0.170 e. The van der Waals surface area contributed by atoms with Crippen molar-refractivity contribution in [1.29, 1.82) is 0 Å². The highest BCUT2D eigenvalue weighted by molar-refractivity contribution is 7.80. The molecular formula is C18H22N4OS. The van der Waals surface area contributed by atoms with Crippen molar-refractivity contribution in [3.8, 4) is 0 Å². The number of aryl methyl sites for hydroxylation is 1. The number of nitrogens with zero attached hydrogens (tertiary/aromatic N) is 3. The molecule has 5 nitrogen and oxygen atoms in total. The highest BCUT2D eigenvalue weighted by Gasteiger charge is 2.41. The average Bonchev–Trinajstić information content (AvgIpc) is 3.31. The van der Waals surface area contributed by atoms with Gasteiger partial charge in [0.05, 0.1) is 23.9 Å². The standard InChI is InChI=1S/C18H22N4OS/c1-21-10-4-8-15(21)17-16(14-7-2-3-9-19-14)20-18(24)22(17)12-13-6-5-11-23-13/h2-4,7-10,13,16-17H,5-6,11-12H2,1H3,(H,20,24)/t13-,16+,17+/m0/s1. The molecule has 2 aromatic rings. The molecule has 24 heavy (non-hydrogen) atoms. The lowest BCUT2D eigenvalue weighted by atomic mass is 10.0. The Hall–Kier alpha value is -1.92. The largest absolute Gasteiger partial charge is 0.376 e. The molecule has 4 heterocycles. The molecule has 2 aliphatic rings. The molecule has 0 spiro atoms. The Morgan fingerprint density at radius 3 is 2.92 bits per heavy atom. The van der Waals surface area contributed by atoms with Gasteiger partial charge in [0.15, 0.2) is 5.11 Å².